The van der Waals surface area contributed by atoms with Gasteiger partial charge in [-0.1, -0.05) is 39.7 Å². The summed E-state index contributed by atoms with van der Waals surface area (Å²) in [6.45, 7) is 18.6. The Hall–Kier alpha value is -0.163. The van der Waals surface area contributed by atoms with Crippen molar-refractivity contribution in [3.05, 3.63) is 12.7 Å². The largest absolute Gasteiger partial charge is 0.393 e. The number of hydrogen-bond acceptors (Lipinski definition) is 3. The minimum Gasteiger partial charge on any atom is -0.393 e. The monoisotopic (exact) mass is 344 g/mol. The van der Waals surface area contributed by atoms with Crippen LogP contribution in [0.2, 0.25) is 6.04 Å². The smallest absolute Gasteiger partial charge is 0.371 e. The van der Waals surface area contributed by atoms with Gasteiger partial charge in [0.25, 0.3) is 0 Å². The first-order valence-electron chi connectivity index (χ1n) is 9.50. The fourth-order valence-corrected chi connectivity index (χ4v) is 7.90. The summed E-state index contributed by atoms with van der Waals surface area (Å²) < 4.78 is 18.5. The van der Waals surface area contributed by atoms with Crippen LogP contribution in [-0.4, -0.2) is 33.6 Å². The van der Waals surface area contributed by atoms with Crippen molar-refractivity contribution >= 4 is 8.56 Å². The number of rotatable bonds is 9. The van der Waals surface area contributed by atoms with Crippen molar-refractivity contribution in [3.63, 3.8) is 0 Å². The Kier molecular flexibility index (Phi) is 12.1. The summed E-state index contributed by atoms with van der Waals surface area (Å²) in [5, 5.41) is -0.119. The van der Waals surface area contributed by atoms with Gasteiger partial charge in [0, 0.05) is 19.8 Å². The van der Waals surface area contributed by atoms with E-state index in [9.17, 15) is 0 Å². The van der Waals surface area contributed by atoms with Gasteiger partial charge < -0.3 is 13.6 Å². The van der Waals surface area contributed by atoms with E-state index >= 15 is 0 Å². The normalized spacial score (nSPS) is 23.3. The van der Waals surface area contributed by atoms with Crippen LogP contribution in [0.4, 0.5) is 0 Å². The van der Waals surface area contributed by atoms with Gasteiger partial charge in [0.05, 0.1) is 0 Å². The Bertz CT molecular complexity index is 291. The van der Waals surface area contributed by atoms with Crippen molar-refractivity contribution in [1.29, 1.82) is 0 Å². The van der Waals surface area contributed by atoms with Crippen LogP contribution in [0.5, 0.6) is 0 Å². The maximum Gasteiger partial charge on any atom is 0.371 e. The van der Waals surface area contributed by atoms with E-state index < -0.39 is 8.56 Å². The summed E-state index contributed by atoms with van der Waals surface area (Å²) >= 11 is 0. The van der Waals surface area contributed by atoms with Crippen LogP contribution >= 0.6 is 0 Å². The first-order chi connectivity index (χ1) is 11.0. The third-order valence-corrected chi connectivity index (χ3v) is 9.07. The highest BCUT2D eigenvalue weighted by Gasteiger charge is 2.58. The average Bonchev–Trinajstić information content (AvgIpc) is 2.51. The Morgan fingerprint density at radius 2 is 1.65 bits per heavy atom. The molecule has 0 radical (unpaired) electrons. The Morgan fingerprint density at radius 1 is 1.04 bits per heavy atom. The van der Waals surface area contributed by atoms with Crippen molar-refractivity contribution < 1.29 is 13.6 Å². The Balaban J connectivity index is 0.000000688. The topological polar surface area (TPSA) is 27.7 Å². The molecule has 138 valence electrons. The van der Waals surface area contributed by atoms with Gasteiger partial charge in [-0.15, -0.1) is 6.58 Å². The molecule has 0 bridgehead atoms. The van der Waals surface area contributed by atoms with Gasteiger partial charge >= 0.3 is 8.56 Å². The predicted octanol–water partition coefficient (Wildman–Crippen LogP) is 5.63. The molecule has 0 aliphatic carbocycles. The molecule has 1 atom stereocenters. The molecule has 1 fully saturated rings. The predicted molar refractivity (Wildman–Crippen MR) is 102 cm³/mol. The highest BCUT2D eigenvalue weighted by atomic mass is 28.4. The Morgan fingerprint density at radius 3 is 2.00 bits per heavy atom. The maximum absolute atomic E-state index is 6.16. The zero-order chi connectivity index (χ0) is 17.8. The molecule has 0 saturated carbocycles. The third kappa shape index (κ3) is 6.69. The molecule has 1 unspecified atom stereocenters. The minimum absolute atomic E-state index is 0.119. The van der Waals surface area contributed by atoms with Gasteiger partial charge in [0.15, 0.2) is 0 Å². The second kappa shape index (κ2) is 12.2. The standard InChI is InChI=1S/C13H28O3Si.C6H12/c1-5-13(14-6-2)11-9-10-12-17(13,15-7-3)16-8-4;1-4-5-6(2)3/h5-12H2,1-4H3;4,6H,1,5H2,2-3H3. The average molecular weight is 345 g/mol. The van der Waals surface area contributed by atoms with E-state index in [4.69, 9.17) is 13.6 Å². The zero-order valence-corrected chi connectivity index (χ0v) is 17.5. The lowest BCUT2D eigenvalue weighted by atomic mass is 10.1. The second-order valence-electron chi connectivity index (χ2n) is 6.53. The summed E-state index contributed by atoms with van der Waals surface area (Å²) in [5.41, 5.74) is 0. The molecule has 1 rings (SSSR count). The first kappa shape index (κ1) is 22.8. The molecular formula is C19H40O3Si. The lowest BCUT2D eigenvalue weighted by Crippen LogP contribution is -2.65. The van der Waals surface area contributed by atoms with E-state index in [-0.39, 0.29) is 5.22 Å². The van der Waals surface area contributed by atoms with Gasteiger partial charge in [-0.25, -0.2) is 0 Å². The van der Waals surface area contributed by atoms with Crippen LogP contribution < -0.4 is 0 Å². The number of allylic oxidation sites excluding steroid dienone is 1. The van der Waals surface area contributed by atoms with Gasteiger partial charge in [-0.3, -0.25) is 0 Å². The second-order valence-corrected chi connectivity index (χ2v) is 10.0. The van der Waals surface area contributed by atoms with Crippen LogP contribution in [0, 0.1) is 5.92 Å². The summed E-state index contributed by atoms with van der Waals surface area (Å²) in [5.74, 6) is 0.780. The minimum atomic E-state index is -2.21. The van der Waals surface area contributed by atoms with Gasteiger partial charge in [0.1, 0.15) is 5.22 Å². The lowest BCUT2D eigenvalue weighted by molar-refractivity contribution is -0.0426. The molecule has 1 heterocycles. The fraction of sp³-hybridized carbons (Fsp3) is 0.895. The highest BCUT2D eigenvalue weighted by Crippen LogP contribution is 2.42. The van der Waals surface area contributed by atoms with Crippen LogP contribution in [0.3, 0.4) is 0 Å². The van der Waals surface area contributed by atoms with Gasteiger partial charge in [0.2, 0.25) is 0 Å². The van der Waals surface area contributed by atoms with Gasteiger partial charge in [-0.2, -0.15) is 0 Å². The molecule has 0 amide bonds. The quantitative estimate of drug-likeness (QED) is 0.401. The summed E-state index contributed by atoms with van der Waals surface area (Å²) in [6.07, 6.45) is 7.66. The first-order valence-corrected chi connectivity index (χ1v) is 11.5. The molecule has 4 heteroatoms. The molecule has 1 aliphatic rings. The van der Waals surface area contributed by atoms with Crippen LogP contribution in [0.25, 0.3) is 0 Å². The number of ether oxygens (including phenoxy) is 1. The summed E-state index contributed by atoms with van der Waals surface area (Å²) in [4.78, 5) is 0. The van der Waals surface area contributed by atoms with Crippen molar-refractivity contribution in [3.8, 4) is 0 Å². The fourth-order valence-electron chi connectivity index (χ4n) is 3.44. The van der Waals surface area contributed by atoms with Crippen molar-refractivity contribution in [2.24, 2.45) is 5.92 Å². The van der Waals surface area contributed by atoms with E-state index in [2.05, 4.69) is 48.1 Å². The maximum atomic E-state index is 6.16. The molecule has 0 N–H and O–H groups in total. The molecule has 1 aliphatic heterocycles. The van der Waals surface area contributed by atoms with E-state index in [1.165, 1.54) is 12.8 Å². The molecule has 1 saturated heterocycles. The summed E-state index contributed by atoms with van der Waals surface area (Å²) in [7, 11) is -2.21. The molecule has 0 aromatic carbocycles. The van der Waals surface area contributed by atoms with E-state index in [0.29, 0.717) is 0 Å². The molecule has 0 aromatic rings. The molecule has 3 nitrogen and oxygen atoms in total. The van der Waals surface area contributed by atoms with Crippen LogP contribution in [0.15, 0.2) is 12.7 Å². The number of hydrogen-bond donors (Lipinski definition) is 0. The third-order valence-electron chi connectivity index (χ3n) is 4.42. The van der Waals surface area contributed by atoms with E-state index in [0.717, 1.165) is 51.0 Å². The van der Waals surface area contributed by atoms with Gasteiger partial charge in [-0.05, 0) is 52.0 Å². The summed E-state index contributed by atoms with van der Waals surface area (Å²) in [6, 6.07) is 1.09. The SMILES string of the molecule is C=CCC(C)C.CCOC1(CC)CCCC[Si]1(OCC)OCC. The Labute approximate surface area is 146 Å². The van der Waals surface area contributed by atoms with Crippen molar-refractivity contribution in [1.82, 2.24) is 0 Å². The molecule has 23 heavy (non-hydrogen) atoms. The lowest BCUT2D eigenvalue weighted by Gasteiger charge is -2.49. The molecule has 0 aromatic heterocycles. The van der Waals surface area contributed by atoms with Crippen LogP contribution in [-0.2, 0) is 13.6 Å². The van der Waals surface area contributed by atoms with Crippen molar-refractivity contribution in [2.75, 3.05) is 19.8 Å². The zero-order valence-electron chi connectivity index (χ0n) is 16.5. The van der Waals surface area contributed by atoms with E-state index in [1.54, 1.807) is 0 Å². The molecule has 0 spiro atoms. The van der Waals surface area contributed by atoms with Crippen molar-refractivity contribution in [2.45, 2.75) is 84.9 Å². The molecular weight excluding hydrogens is 304 g/mol. The highest BCUT2D eigenvalue weighted by molar-refractivity contribution is 6.70. The van der Waals surface area contributed by atoms with E-state index in [1.807, 2.05) is 6.08 Å². The van der Waals surface area contributed by atoms with Crippen LogP contribution in [0.1, 0.15) is 73.6 Å².